The summed E-state index contributed by atoms with van der Waals surface area (Å²) in [7, 11) is 0. The summed E-state index contributed by atoms with van der Waals surface area (Å²) in [4.78, 5) is 17.3. The van der Waals surface area contributed by atoms with Crippen LogP contribution in [-0.4, -0.2) is 86.3 Å². The maximum absolute atomic E-state index is 12.8. The highest BCUT2D eigenvalue weighted by Gasteiger charge is 2.36. The number of nitrogens with two attached hydrogens (primary N) is 1. The fourth-order valence-corrected chi connectivity index (χ4v) is 4.55. The van der Waals surface area contributed by atoms with Gasteiger partial charge in [0.15, 0.2) is 0 Å². The van der Waals surface area contributed by atoms with Gasteiger partial charge < -0.3 is 26.0 Å². The summed E-state index contributed by atoms with van der Waals surface area (Å²) in [6, 6.07) is 0.734. The summed E-state index contributed by atoms with van der Waals surface area (Å²) in [5.41, 5.74) is 6.24. The number of carbonyl (C=O) groups is 1. The molecule has 0 saturated carbocycles. The molecule has 7 nitrogen and oxygen atoms in total. The number of carbonyl (C=O) groups excluding carboxylic acids is 1. The third kappa shape index (κ3) is 3.69. The lowest BCUT2D eigenvalue weighted by Crippen LogP contribution is -2.60. The quantitative estimate of drug-likeness (QED) is 0.604. The summed E-state index contributed by atoms with van der Waals surface area (Å²) < 4.78 is 5.28. The molecule has 0 bridgehead atoms. The average molecular weight is 349 g/mol. The van der Waals surface area contributed by atoms with E-state index in [-0.39, 0.29) is 18.0 Å². The minimum Gasteiger partial charge on any atom is -0.390 e. The molecule has 4 rings (SSSR count). The highest BCUT2D eigenvalue weighted by Crippen LogP contribution is 2.27. The van der Waals surface area contributed by atoms with Crippen LogP contribution in [-0.2, 0) is 9.53 Å². The number of amides is 1. The first-order valence-electron chi connectivity index (χ1n) is 9.72. The molecule has 3 fully saturated rings. The van der Waals surface area contributed by atoms with E-state index in [4.69, 9.17) is 10.5 Å². The van der Waals surface area contributed by atoms with Crippen molar-refractivity contribution in [3.63, 3.8) is 0 Å². The molecule has 0 radical (unpaired) electrons. The minimum absolute atomic E-state index is 0.0169. The zero-order chi connectivity index (χ0) is 17.2. The van der Waals surface area contributed by atoms with Crippen LogP contribution < -0.4 is 16.4 Å². The van der Waals surface area contributed by atoms with E-state index in [2.05, 4.69) is 21.6 Å². The molecule has 0 aliphatic carbocycles. The van der Waals surface area contributed by atoms with Gasteiger partial charge >= 0.3 is 0 Å². The zero-order valence-electron chi connectivity index (χ0n) is 14.9. The van der Waals surface area contributed by atoms with Crippen LogP contribution in [0.3, 0.4) is 0 Å². The van der Waals surface area contributed by atoms with Gasteiger partial charge in [0, 0.05) is 38.8 Å². The predicted octanol–water partition coefficient (Wildman–Crippen LogP) is -1.04. The molecule has 4 N–H and O–H groups in total. The van der Waals surface area contributed by atoms with E-state index in [0.29, 0.717) is 17.9 Å². The van der Waals surface area contributed by atoms with Gasteiger partial charge in [0.05, 0.1) is 25.3 Å². The Morgan fingerprint density at radius 1 is 1.12 bits per heavy atom. The van der Waals surface area contributed by atoms with Crippen LogP contribution in [0.25, 0.3) is 0 Å². The molecule has 4 aliphatic rings. The van der Waals surface area contributed by atoms with Crippen molar-refractivity contribution in [3.05, 3.63) is 12.3 Å². The van der Waals surface area contributed by atoms with E-state index >= 15 is 0 Å². The van der Waals surface area contributed by atoms with Crippen LogP contribution in [0, 0.1) is 11.8 Å². The van der Waals surface area contributed by atoms with E-state index in [0.717, 1.165) is 65.3 Å². The maximum Gasteiger partial charge on any atom is 0.239 e. The third-order valence-corrected chi connectivity index (χ3v) is 6.34. The molecule has 4 aliphatic heterocycles. The standard InChI is InChI=1S/C18H31N5O2/c19-16-10-20-4-3-15(16)13-1-2-17(21-9-13)18(24)23-7-5-22(6-8-23)14-11-25-12-14/h3-4,13-17,20-21H,1-2,5-12,19H2. The molecule has 4 unspecified atom stereocenters. The Labute approximate surface area is 149 Å². The first-order valence-corrected chi connectivity index (χ1v) is 9.72. The molecule has 140 valence electrons. The molecule has 0 spiro atoms. The van der Waals surface area contributed by atoms with Gasteiger partial charge in [-0.1, -0.05) is 6.08 Å². The average Bonchev–Trinajstić information content (AvgIpc) is 2.61. The van der Waals surface area contributed by atoms with Crippen molar-refractivity contribution in [1.29, 1.82) is 0 Å². The first kappa shape index (κ1) is 17.3. The number of piperazine rings is 1. The molecule has 25 heavy (non-hydrogen) atoms. The Morgan fingerprint density at radius 2 is 1.92 bits per heavy atom. The molecule has 0 aromatic heterocycles. The lowest BCUT2D eigenvalue weighted by molar-refractivity contribution is -0.138. The van der Waals surface area contributed by atoms with Gasteiger partial charge in [-0.3, -0.25) is 9.69 Å². The van der Waals surface area contributed by atoms with Gasteiger partial charge in [-0.25, -0.2) is 0 Å². The number of nitrogens with zero attached hydrogens (tertiary/aromatic N) is 2. The normalized spacial score (nSPS) is 37.4. The Balaban J connectivity index is 1.24. The van der Waals surface area contributed by atoms with Gasteiger partial charge in [-0.2, -0.15) is 0 Å². The second kappa shape index (κ2) is 7.61. The summed E-state index contributed by atoms with van der Waals surface area (Å²) >= 11 is 0. The lowest BCUT2D eigenvalue weighted by atomic mass is 9.79. The molecule has 3 saturated heterocycles. The number of nitrogens with one attached hydrogen (secondary N) is 2. The molecule has 0 aromatic carbocycles. The number of hydrogen-bond acceptors (Lipinski definition) is 6. The monoisotopic (exact) mass is 349 g/mol. The van der Waals surface area contributed by atoms with Crippen molar-refractivity contribution in [2.24, 2.45) is 17.6 Å². The number of hydrogen-bond donors (Lipinski definition) is 3. The van der Waals surface area contributed by atoms with Crippen molar-refractivity contribution < 1.29 is 9.53 Å². The van der Waals surface area contributed by atoms with Crippen LogP contribution in [0.2, 0.25) is 0 Å². The zero-order valence-corrected chi connectivity index (χ0v) is 14.9. The second-order valence-electron chi connectivity index (χ2n) is 7.86. The number of piperidine rings is 1. The van der Waals surface area contributed by atoms with Crippen molar-refractivity contribution in [1.82, 2.24) is 20.4 Å². The molecule has 4 heterocycles. The topological polar surface area (TPSA) is 82.9 Å². The molecule has 7 heteroatoms. The Bertz CT molecular complexity index is 494. The van der Waals surface area contributed by atoms with Gasteiger partial charge in [0.1, 0.15) is 0 Å². The van der Waals surface area contributed by atoms with Crippen LogP contribution in [0.4, 0.5) is 0 Å². The lowest BCUT2D eigenvalue weighted by Gasteiger charge is -2.44. The van der Waals surface area contributed by atoms with Crippen molar-refractivity contribution in [2.75, 3.05) is 52.5 Å². The summed E-state index contributed by atoms with van der Waals surface area (Å²) in [6.07, 6.45) is 6.22. The summed E-state index contributed by atoms with van der Waals surface area (Å²) in [5.74, 6) is 1.24. The highest BCUT2D eigenvalue weighted by atomic mass is 16.5. The Hall–Kier alpha value is -1.15. The number of rotatable bonds is 3. The van der Waals surface area contributed by atoms with Crippen LogP contribution >= 0.6 is 0 Å². The molecule has 0 aromatic rings. The van der Waals surface area contributed by atoms with Crippen molar-refractivity contribution >= 4 is 5.91 Å². The highest BCUT2D eigenvalue weighted by molar-refractivity contribution is 5.82. The van der Waals surface area contributed by atoms with E-state index in [1.165, 1.54) is 0 Å². The van der Waals surface area contributed by atoms with E-state index in [1.54, 1.807) is 0 Å². The third-order valence-electron chi connectivity index (χ3n) is 6.34. The first-order chi connectivity index (χ1) is 12.2. The van der Waals surface area contributed by atoms with Crippen molar-refractivity contribution in [3.8, 4) is 0 Å². The van der Waals surface area contributed by atoms with Gasteiger partial charge in [-0.05, 0) is 37.4 Å². The molecule has 4 atom stereocenters. The van der Waals surface area contributed by atoms with Gasteiger partial charge in [0.2, 0.25) is 5.91 Å². The van der Waals surface area contributed by atoms with E-state index in [9.17, 15) is 4.79 Å². The van der Waals surface area contributed by atoms with E-state index < -0.39 is 0 Å². The smallest absolute Gasteiger partial charge is 0.239 e. The molecular formula is C18H31N5O2. The summed E-state index contributed by atoms with van der Waals surface area (Å²) in [6.45, 7) is 7.08. The fraction of sp³-hybridized carbons (Fsp3) is 0.833. The van der Waals surface area contributed by atoms with Gasteiger partial charge in [0.25, 0.3) is 0 Å². The Morgan fingerprint density at radius 3 is 2.52 bits per heavy atom. The predicted molar refractivity (Wildman–Crippen MR) is 95.9 cm³/mol. The molecular weight excluding hydrogens is 318 g/mol. The second-order valence-corrected chi connectivity index (χ2v) is 7.86. The Kier molecular flexibility index (Phi) is 5.26. The minimum atomic E-state index is -0.0169. The van der Waals surface area contributed by atoms with Crippen LogP contribution in [0.1, 0.15) is 12.8 Å². The van der Waals surface area contributed by atoms with E-state index in [1.807, 2.05) is 11.1 Å². The van der Waals surface area contributed by atoms with Crippen LogP contribution in [0.15, 0.2) is 12.3 Å². The molecule has 1 amide bonds. The fourth-order valence-electron chi connectivity index (χ4n) is 4.55. The van der Waals surface area contributed by atoms with Gasteiger partial charge in [-0.15, -0.1) is 0 Å². The largest absolute Gasteiger partial charge is 0.390 e. The van der Waals surface area contributed by atoms with Crippen molar-refractivity contribution in [2.45, 2.75) is 31.0 Å². The van der Waals surface area contributed by atoms with Crippen LogP contribution in [0.5, 0.6) is 0 Å². The SMILES string of the molecule is NC1CNC=CC1C1CCC(C(=O)N2CCN(C3COC3)CC2)NC1. The maximum atomic E-state index is 12.8. The summed E-state index contributed by atoms with van der Waals surface area (Å²) in [5, 5.41) is 6.70. The number of ether oxygens (including phenoxy) is 1.